The van der Waals surface area contributed by atoms with E-state index in [9.17, 15) is 10.2 Å². The second-order valence-corrected chi connectivity index (χ2v) is 7.16. The van der Waals surface area contributed by atoms with Crippen molar-refractivity contribution in [3.63, 3.8) is 0 Å². The molecule has 1 unspecified atom stereocenters. The van der Waals surface area contributed by atoms with E-state index in [-0.39, 0.29) is 17.5 Å². The Labute approximate surface area is 157 Å². The summed E-state index contributed by atoms with van der Waals surface area (Å²) in [6.45, 7) is 2.46. The standard InChI is InChI=1S/C21H21ClN2O2/c22-17-5-1-4-15(12-17)21-19-6-2-9-23(19)10-3-11-24(21)14-16-7-8-18(25)13-20(16)26/h1-2,4-9,12-13,21,25-26H,3,10-11,14H2. The molecule has 2 N–H and O–H groups in total. The molecule has 26 heavy (non-hydrogen) atoms. The number of hydrogen-bond acceptors (Lipinski definition) is 3. The number of benzene rings is 2. The fraction of sp³-hybridized carbons (Fsp3) is 0.238. The van der Waals surface area contributed by atoms with Crippen LogP contribution in [0.1, 0.15) is 29.3 Å². The van der Waals surface area contributed by atoms with Crippen molar-refractivity contribution in [3.8, 4) is 11.5 Å². The van der Waals surface area contributed by atoms with Gasteiger partial charge in [-0.1, -0.05) is 29.8 Å². The van der Waals surface area contributed by atoms with Crippen molar-refractivity contribution in [3.05, 3.63) is 82.6 Å². The molecule has 2 aromatic carbocycles. The molecule has 1 atom stereocenters. The first kappa shape index (κ1) is 17.0. The minimum atomic E-state index is 0.0550. The van der Waals surface area contributed by atoms with Crippen molar-refractivity contribution in [1.82, 2.24) is 9.47 Å². The highest BCUT2D eigenvalue weighted by Crippen LogP contribution is 2.35. The SMILES string of the molecule is Oc1ccc(CN2CCCn3cccc3C2c2cccc(Cl)c2)c(O)c1. The number of fused-ring (bicyclic) bond motifs is 1. The summed E-state index contributed by atoms with van der Waals surface area (Å²) in [7, 11) is 0. The van der Waals surface area contributed by atoms with Crippen molar-refractivity contribution in [2.24, 2.45) is 0 Å². The summed E-state index contributed by atoms with van der Waals surface area (Å²) in [4.78, 5) is 2.36. The molecule has 2 heterocycles. The second-order valence-electron chi connectivity index (χ2n) is 6.72. The summed E-state index contributed by atoms with van der Waals surface area (Å²) < 4.78 is 2.29. The van der Waals surface area contributed by atoms with Crippen LogP contribution in [-0.2, 0) is 13.1 Å². The van der Waals surface area contributed by atoms with Gasteiger partial charge in [0, 0.05) is 48.2 Å². The maximum Gasteiger partial charge on any atom is 0.123 e. The van der Waals surface area contributed by atoms with Crippen molar-refractivity contribution < 1.29 is 10.2 Å². The summed E-state index contributed by atoms with van der Waals surface area (Å²) in [5.41, 5.74) is 3.16. The molecule has 0 fully saturated rings. The largest absolute Gasteiger partial charge is 0.508 e. The zero-order valence-electron chi connectivity index (χ0n) is 14.3. The number of aromatic nitrogens is 1. The highest BCUT2D eigenvalue weighted by atomic mass is 35.5. The molecular formula is C21H21ClN2O2. The zero-order chi connectivity index (χ0) is 18.1. The van der Waals surface area contributed by atoms with Crippen molar-refractivity contribution in [2.75, 3.05) is 6.54 Å². The van der Waals surface area contributed by atoms with Crippen molar-refractivity contribution >= 4 is 11.6 Å². The van der Waals surface area contributed by atoms with Crippen LogP contribution in [0, 0.1) is 0 Å². The van der Waals surface area contributed by atoms with E-state index >= 15 is 0 Å². The van der Waals surface area contributed by atoms with Gasteiger partial charge in [0.2, 0.25) is 0 Å². The maximum atomic E-state index is 10.2. The van der Waals surface area contributed by atoms with E-state index in [0.717, 1.165) is 35.7 Å². The Hall–Kier alpha value is -2.43. The van der Waals surface area contributed by atoms with Gasteiger partial charge in [0.1, 0.15) is 11.5 Å². The Bertz CT molecular complexity index is 922. The number of nitrogens with zero attached hydrogens (tertiary/aromatic N) is 2. The average Bonchev–Trinajstić information content (AvgIpc) is 2.99. The van der Waals surface area contributed by atoms with E-state index in [0.29, 0.717) is 6.54 Å². The third kappa shape index (κ3) is 3.30. The quantitative estimate of drug-likeness (QED) is 0.713. The van der Waals surface area contributed by atoms with Gasteiger partial charge in [-0.15, -0.1) is 0 Å². The Morgan fingerprint density at radius 1 is 1.00 bits per heavy atom. The fourth-order valence-corrected chi connectivity index (χ4v) is 3.97. The van der Waals surface area contributed by atoms with Crippen LogP contribution in [0.25, 0.3) is 0 Å². The molecule has 0 saturated carbocycles. The molecule has 0 aliphatic carbocycles. The van der Waals surface area contributed by atoms with Gasteiger partial charge in [0.25, 0.3) is 0 Å². The number of phenolic OH excluding ortho intramolecular Hbond substituents is 2. The summed E-state index contributed by atoms with van der Waals surface area (Å²) in [5.74, 6) is 0.192. The molecule has 0 radical (unpaired) electrons. The highest BCUT2D eigenvalue weighted by Gasteiger charge is 2.28. The summed E-state index contributed by atoms with van der Waals surface area (Å²) in [5, 5.41) is 20.5. The third-order valence-electron chi connectivity index (χ3n) is 4.96. The maximum absolute atomic E-state index is 10.2. The first-order valence-electron chi connectivity index (χ1n) is 8.77. The first-order valence-corrected chi connectivity index (χ1v) is 9.15. The predicted molar refractivity (Wildman–Crippen MR) is 103 cm³/mol. The molecule has 5 heteroatoms. The lowest BCUT2D eigenvalue weighted by atomic mass is 10.0. The minimum Gasteiger partial charge on any atom is -0.508 e. The normalized spacial score (nSPS) is 17.7. The van der Waals surface area contributed by atoms with Gasteiger partial charge in [-0.05, 0) is 42.3 Å². The van der Waals surface area contributed by atoms with Gasteiger partial charge in [0.05, 0.1) is 6.04 Å². The van der Waals surface area contributed by atoms with E-state index in [1.807, 2.05) is 18.2 Å². The van der Waals surface area contributed by atoms with Crippen LogP contribution in [0.2, 0.25) is 5.02 Å². The molecule has 0 amide bonds. The van der Waals surface area contributed by atoms with Gasteiger partial charge in [-0.3, -0.25) is 4.90 Å². The lowest BCUT2D eigenvalue weighted by Gasteiger charge is -2.31. The zero-order valence-corrected chi connectivity index (χ0v) is 15.1. The molecule has 0 saturated heterocycles. The highest BCUT2D eigenvalue weighted by molar-refractivity contribution is 6.30. The van der Waals surface area contributed by atoms with Crippen LogP contribution in [0.5, 0.6) is 11.5 Å². The van der Waals surface area contributed by atoms with Gasteiger partial charge in [0.15, 0.2) is 0 Å². The van der Waals surface area contributed by atoms with Gasteiger partial charge in [-0.25, -0.2) is 0 Å². The topological polar surface area (TPSA) is 48.6 Å². The molecule has 1 aliphatic heterocycles. The number of rotatable bonds is 3. The van der Waals surface area contributed by atoms with E-state index in [1.165, 1.54) is 11.8 Å². The minimum absolute atomic E-state index is 0.0550. The van der Waals surface area contributed by atoms with Crippen LogP contribution >= 0.6 is 11.6 Å². The first-order chi connectivity index (χ1) is 12.6. The number of aromatic hydroxyl groups is 2. The summed E-state index contributed by atoms with van der Waals surface area (Å²) in [6, 6.07) is 17.1. The lowest BCUT2D eigenvalue weighted by Crippen LogP contribution is -2.29. The Kier molecular flexibility index (Phi) is 4.62. The number of halogens is 1. The summed E-state index contributed by atoms with van der Waals surface area (Å²) in [6.07, 6.45) is 3.14. The Balaban J connectivity index is 1.76. The number of aryl methyl sites for hydroxylation is 1. The van der Waals surface area contributed by atoms with Crippen LogP contribution < -0.4 is 0 Å². The molecule has 134 valence electrons. The van der Waals surface area contributed by atoms with Crippen LogP contribution in [-0.4, -0.2) is 26.2 Å². The van der Waals surface area contributed by atoms with Crippen LogP contribution in [0.4, 0.5) is 0 Å². The molecular weight excluding hydrogens is 348 g/mol. The second kappa shape index (κ2) is 7.06. The molecule has 3 aromatic rings. The Morgan fingerprint density at radius 3 is 2.69 bits per heavy atom. The monoisotopic (exact) mass is 368 g/mol. The van der Waals surface area contributed by atoms with E-state index < -0.39 is 0 Å². The molecule has 4 nitrogen and oxygen atoms in total. The van der Waals surface area contributed by atoms with Crippen molar-refractivity contribution in [2.45, 2.75) is 25.6 Å². The predicted octanol–water partition coefficient (Wildman–Crippen LogP) is 4.55. The van der Waals surface area contributed by atoms with Gasteiger partial charge in [-0.2, -0.15) is 0 Å². The van der Waals surface area contributed by atoms with E-state index in [4.69, 9.17) is 11.6 Å². The number of hydrogen-bond donors (Lipinski definition) is 2. The van der Waals surface area contributed by atoms with Gasteiger partial charge < -0.3 is 14.8 Å². The molecule has 0 bridgehead atoms. The number of phenols is 2. The van der Waals surface area contributed by atoms with Crippen LogP contribution in [0.15, 0.2) is 60.8 Å². The molecule has 1 aromatic heterocycles. The van der Waals surface area contributed by atoms with Crippen LogP contribution in [0.3, 0.4) is 0 Å². The van der Waals surface area contributed by atoms with Gasteiger partial charge >= 0.3 is 0 Å². The van der Waals surface area contributed by atoms with Crippen molar-refractivity contribution in [1.29, 1.82) is 0 Å². The molecule has 4 rings (SSSR count). The molecule has 1 aliphatic rings. The average molecular weight is 369 g/mol. The third-order valence-corrected chi connectivity index (χ3v) is 5.20. The Morgan fingerprint density at radius 2 is 1.88 bits per heavy atom. The van der Waals surface area contributed by atoms with E-state index in [2.05, 4.69) is 33.9 Å². The van der Waals surface area contributed by atoms with E-state index in [1.54, 1.807) is 12.1 Å². The lowest BCUT2D eigenvalue weighted by molar-refractivity contribution is 0.217. The smallest absolute Gasteiger partial charge is 0.123 e. The summed E-state index contributed by atoms with van der Waals surface area (Å²) >= 11 is 6.26. The fourth-order valence-electron chi connectivity index (χ4n) is 3.77. The molecule has 0 spiro atoms.